The van der Waals surface area contributed by atoms with Gasteiger partial charge in [0.25, 0.3) is 0 Å². The summed E-state index contributed by atoms with van der Waals surface area (Å²) in [7, 11) is 3.60. The van der Waals surface area contributed by atoms with Crippen molar-refractivity contribution >= 4 is 33.8 Å². The molecular formula is C20H40N2O4S2. The van der Waals surface area contributed by atoms with E-state index in [0.29, 0.717) is 26.1 Å². The van der Waals surface area contributed by atoms with Crippen LogP contribution >= 0.6 is 21.6 Å². The van der Waals surface area contributed by atoms with Crippen LogP contribution in [0.5, 0.6) is 0 Å². The van der Waals surface area contributed by atoms with E-state index in [0.717, 1.165) is 11.5 Å². The molecule has 0 aromatic carbocycles. The first-order chi connectivity index (χ1) is 12.6. The summed E-state index contributed by atoms with van der Waals surface area (Å²) in [6.07, 6.45) is -0.116. The van der Waals surface area contributed by atoms with Crippen molar-refractivity contribution < 1.29 is 19.1 Å². The lowest BCUT2D eigenvalue weighted by Crippen LogP contribution is -2.40. The molecule has 166 valence electrons. The highest BCUT2D eigenvalue weighted by molar-refractivity contribution is 8.76. The number of carbonyl (C=O) groups is 2. The first kappa shape index (κ1) is 27.2. The van der Waals surface area contributed by atoms with Gasteiger partial charge >= 0.3 is 12.2 Å². The van der Waals surface area contributed by atoms with E-state index in [1.165, 1.54) is 0 Å². The second-order valence-corrected chi connectivity index (χ2v) is 12.5. The van der Waals surface area contributed by atoms with Gasteiger partial charge in [0.1, 0.15) is 11.2 Å². The standard InChI is InChI=1S/C20H40N2O4S2/c1-18(2,3)15-28-27-14-13-22(17(24)26-20(7,8)9)12-10-11-21-16(23)25-19(4,5)6/h10-15H2,1-9H3,(H,21,23). The molecule has 0 atom stereocenters. The molecular weight excluding hydrogens is 396 g/mol. The van der Waals surface area contributed by atoms with E-state index in [-0.39, 0.29) is 11.5 Å². The Labute approximate surface area is 179 Å². The van der Waals surface area contributed by atoms with Crippen molar-refractivity contribution in [2.45, 2.75) is 79.9 Å². The fourth-order valence-corrected chi connectivity index (χ4v) is 4.56. The zero-order chi connectivity index (χ0) is 22.0. The summed E-state index contributed by atoms with van der Waals surface area (Å²) in [5, 5.41) is 2.73. The Morgan fingerprint density at radius 3 is 1.93 bits per heavy atom. The second-order valence-electron chi connectivity index (χ2n) is 9.89. The maximum Gasteiger partial charge on any atom is 0.410 e. The fourth-order valence-electron chi connectivity index (χ4n) is 1.82. The molecule has 0 unspecified atom stereocenters. The molecule has 2 amide bonds. The van der Waals surface area contributed by atoms with Crippen LogP contribution in [0.3, 0.4) is 0 Å². The summed E-state index contributed by atoms with van der Waals surface area (Å²) >= 11 is 0. The quantitative estimate of drug-likeness (QED) is 0.377. The molecule has 28 heavy (non-hydrogen) atoms. The van der Waals surface area contributed by atoms with Crippen molar-refractivity contribution in [3.8, 4) is 0 Å². The molecule has 0 fully saturated rings. The van der Waals surface area contributed by atoms with Crippen molar-refractivity contribution in [1.82, 2.24) is 10.2 Å². The van der Waals surface area contributed by atoms with Crippen LogP contribution in [0.15, 0.2) is 0 Å². The van der Waals surface area contributed by atoms with Crippen LogP contribution in [0.25, 0.3) is 0 Å². The van der Waals surface area contributed by atoms with E-state index < -0.39 is 17.3 Å². The van der Waals surface area contributed by atoms with Crippen molar-refractivity contribution in [3.05, 3.63) is 0 Å². The van der Waals surface area contributed by atoms with Crippen molar-refractivity contribution in [2.75, 3.05) is 31.1 Å². The van der Waals surface area contributed by atoms with Crippen molar-refractivity contribution in [3.63, 3.8) is 0 Å². The number of alkyl carbamates (subject to hydrolysis) is 1. The lowest BCUT2D eigenvalue weighted by Gasteiger charge is -2.27. The summed E-state index contributed by atoms with van der Waals surface area (Å²) in [5.41, 5.74) is -0.761. The van der Waals surface area contributed by atoms with Gasteiger partial charge in [0.2, 0.25) is 0 Å². The van der Waals surface area contributed by atoms with Gasteiger partial charge in [-0.1, -0.05) is 42.4 Å². The summed E-state index contributed by atoms with van der Waals surface area (Å²) in [4.78, 5) is 25.9. The largest absolute Gasteiger partial charge is 0.444 e. The Balaban J connectivity index is 4.41. The third kappa shape index (κ3) is 17.3. The first-order valence-corrected chi connectivity index (χ1v) is 12.3. The van der Waals surface area contributed by atoms with Crippen molar-refractivity contribution in [1.29, 1.82) is 0 Å². The lowest BCUT2D eigenvalue weighted by molar-refractivity contribution is 0.0260. The fraction of sp³-hybridized carbons (Fsp3) is 0.900. The van der Waals surface area contributed by atoms with Crippen LogP contribution in [0, 0.1) is 5.41 Å². The van der Waals surface area contributed by atoms with Gasteiger partial charge in [-0.25, -0.2) is 9.59 Å². The summed E-state index contributed by atoms with van der Waals surface area (Å²) in [6.45, 7) is 19.3. The molecule has 0 saturated carbocycles. The van der Waals surface area contributed by atoms with E-state index in [9.17, 15) is 9.59 Å². The lowest BCUT2D eigenvalue weighted by atomic mass is 10.0. The van der Waals surface area contributed by atoms with Gasteiger partial charge in [0.05, 0.1) is 0 Å². The topological polar surface area (TPSA) is 67.9 Å². The van der Waals surface area contributed by atoms with Crippen LogP contribution in [0.2, 0.25) is 0 Å². The van der Waals surface area contributed by atoms with Gasteiger partial charge in [-0.2, -0.15) is 0 Å². The number of hydrogen-bond acceptors (Lipinski definition) is 6. The predicted octanol–water partition coefficient (Wildman–Crippen LogP) is 5.57. The minimum atomic E-state index is -0.530. The Bertz CT molecular complexity index is 480. The highest BCUT2D eigenvalue weighted by atomic mass is 33.1. The molecule has 0 aliphatic heterocycles. The SMILES string of the molecule is CC(C)(C)CSSCCN(CCCNC(=O)OC(C)(C)C)C(=O)OC(C)(C)C. The highest BCUT2D eigenvalue weighted by Crippen LogP contribution is 2.29. The highest BCUT2D eigenvalue weighted by Gasteiger charge is 2.22. The predicted molar refractivity (Wildman–Crippen MR) is 121 cm³/mol. The maximum absolute atomic E-state index is 12.5. The molecule has 8 heteroatoms. The van der Waals surface area contributed by atoms with Crippen LogP contribution in [-0.2, 0) is 9.47 Å². The number of amides is 2. The molecule has 0 aromatic heterocycles. The first-order valence-electron chi connectivity index (χ1n) is 9.78. The molecule has 0 saturated heterocycles. The average molecular weight is 437 g/mol. The molecule has 0 aliphatic carbocycles. The minimum Gasteiger partial charge on any atom is -0.444 e. The Kier molecular flexibility index (Phi) is 11.7. The van der Waals surface area contributed by atoms with Crippen LogP contribution < -0.4 is 5.32 Å². The maximum atomic E-state index is 12.5. The van der Waals surface area contributed by atoms with Gasteiger partial charge in [-0.15, -0.1) is 0 Å². The third-order valence-corrected chi connectivity index (χ3v) is 5.80. The molecule has 0 rings (SSSR count). The molecule has 0 spiro atoms. The molecule has 1 N–H and O–H groups in total. The van der Waals surface area contributed by atoms with E-state index in [1.54, 1.807) is 15.7 Å². The van der Waals surface area contributed by atoms with Crippen LogP contribution in [0.4, 0.5) is 9.59 Å². The molecule has 0 aliphatic rings. The van der Waals surface area contributed by atoms with E-state index >= 15 is 0 Å². The Morgan fingerprint density at radius 1 is 0.857 bits per heavy atom. The molecule has 0 aromatic rings. The number of rotatable bonds is 9. The average Bonchev–Trinajstić information content (AvgIpc) is 2.44. The van der Waals surface area contributed by atoms with Gasteiger partial charge in [-0.3, -0.25) is 0 Å². The van der Waals surface area contributed by atoms with E-state index in [2.05, 4.69) is 26.1 Å². The monoisotopic (exact) mass is 436 g/mol. The zero-order valence-corrected chi connectivity index (χ0v) is 20.8. The Morgan fingerprint density at radius 2 is 1.43 bits per heavy atom. The third-order valence-electron chi connectivity index (χ3n) is 2.94. The second kappa shape index (κ2) is 12.1. The smallest absolute Gasteiger partial charge is 0.410 e. The van der Waals surface area contributed by atoms with Gasteiger partial charge in [-0.05, 0) is 53.4 Å². The van der Waals surface area contributed by atoms with E-state index in [4.69, 9.17) is 9.47 Å². The van der Waals surface area contributed by atoms with Gasteiger partial charge in [0, 0.05) is 31.1 Å². The normalized spacial score (nSPS) is 12.5. The van der Waals surface area contributed by atoms with Gasteiger partial charge < -0.3 is 19.7 Å². The van der Waals surface area contributed by atoms with Crippen molar-refractivity contribution in [2.24, 2.45) is 5.41 Å². The number of nitrogens with zero attached hydrogens (tertiary/aromatic N) is 1. The molecule has 0 heterocycles. The van der Waals surface area contributed by atoms with E-state index in [1.807, 2.05) is 52.3 Å². The summed E-state index contributed by atoms with van der Waals surface area (Å²) in [6, 6.07) is 0. The molecule has 0 bridgehead atoms. The number of nitrogens with one attached hydrogen (secondary N) is 1. The Hall–Kier alpha value is -0.760. The van der Waals surface area contributed by atoms with Crippen LogP contribution in [0.1, 0.15) is 68.7 Å². The van der Waals surface area contributed by atoms with Crippen LogP contribution in [-0.4, -0.2) is 59.4 Å². The minimum absolute atomic E-state index is 0.288. The summed E-state index contributed by atoms with van der Waals surface area (Å²) < 4.78 is 10.7. The zero-order valence-electron chi connectivity index (χ0n) is 19.1. The number of ether oxygens (including phenoxy) is 2. The molecule has 0 radical (unpaired) electrons. The van der Waals surface area contributed by atoms with Gasteiger partial charge in [0.15, 0.2) is 0 Å². The number of hydrogen-bond donors (Lipinski definition) is 1. The summed E-state index contributed by atoms with van der Waals surface area (Å²) in [5.74, 6) is 1.89. The molecule has 6 nitrogen and oxygen atoms in total. The number of carbonyl (C=O) groups excluding carboxylic acids is 2.